The van der Waals surface area contributed by atoms with Crippen molar-refractivity contribution in [1.29, 1.82) is 0 Å². The minimum atomic E-state index is 0. The molecule has 0 amide bonds. The number of nitrogens with zero attached hydrogens (tertiary/aromatic N) is 3. The minimum Gasteiger partial charge on any atom is -1.00 e. The first-order chi connectivity index (χ1) is 8.22. The molecule has 0 bridgehead atoms. The van der Waals surface area contributed by atoms with Gasteiger partial charge in [-0.1, -0.05) is 6.92 Å². The minimum absolute atomic E-state index is 0. The SMILES string of the molecule is CCCN1C2=NCCN2c2cc(C)c(C)cc21.[Cl-]. The molecule has 0 N–H and O–H groups in total. The lowest BCUT2D eigenvalue weighted by molar-refractivity contribution is -0.00000358. The second kappa shape index (κ2) is 4.81. The molecule has 3 nitrogen and oxygen atoms in total. The molecule has 98 valence electrons. The topological polar surface area (TPSA) is 18.8 Å². The molecule has 0 spiro atoms. The zero-order valence-electron chi connectivity index (χ0n) is 11.2. The van der Waals surface area contributed by atoms with E-state index in [9.17, 15) is 0 Å². The molecular weight excluding hydrogens is 246 g/mol. The Morgan fingerprint density at radius 2 is 1.83 bits per heavy atom. The molecule has 2 heterocycles. The van der Waals surface area contributed by atoms with Gasteiger partial charge >= 0.3 is 0 Å². The molecule has 0 atom stereocenters. The molecule has 0 unspecified atom stereocenters. The second-order valence-electron chi connectivity index (χ2n) is 4.91. The lowest BCUT2D eigenvalue weighted by Crippen LogP contribution is -3.00. The summed E-state index contributed by atoms with van der Waals surface area (Å²) in [6.45, 7) is 9.62. The van der Waals surface area contributed by atoms with Crippen LogP contribution in [0, 0.1) is 13.8 Å². The molecule has 2 aliphatic heterocycles. The Morgan fingerprint density at radius 1 is 1.17 bits per heavy atom. The van der Waals surface area contributed by atoms with E-state index in [1.807, 2.05) is 0 Å². The maximum absolute atomic E-state index is 4.64. The van der Waals surface area contributed by atoms with Crippen LogP contribution < -0.4 is 22.2 Å². The van der Waals surface area contributed by atoms with E-state index >= 15 is 0 Å². The Labute approximate surface area is 115 Å². The number of aryl methyl sites for hydroxylation is 2. The highest BCUT2D eigenvalue weighted by Crippen LogP contribution is 2.40. The van der Waals surface area contributed by atoms with Crippen LogP contribution in [-0.4, -0.2) is 25.6 Å². The Morgan fingerprint density at radius 3 is 2.50 bits per heavy atom. The monoisotopic (exact) mass is 264 g/mol. The number of hydrogen-bond acceptors (Lipinski definition) is 3. The van der Waals surface area contributed by atoms with Crippen LogP contribution in [0.2, 0.25) is 0 Å². The standard InChI is InChI=1S/C14H19N3.ClH/c1-4-6-16-12-8-10(2)11(3)9-13(12)17-7-5-15-14(16)17;/h8-9H,4-7H2,1-3H3;1H/p-1. The van der Waals surface area contributed by atoms with Gasteiger partial charge in [0.15, 0.2) is 0 Å². The van der Waals surface area contributed by atoms with Crippen molar-refractivity contribution in [2.75, 3.05) is 29.4 Å². The molecule has 0 aliphatic carbocycles. The average molecular weight is 265 g/mol. The van der Waals surface area contributed by atoms with Crippen LogP contribution in [0.5, 0.6) is 0 Å². The van der Waals surface area contributed by atoms with Gasteiger partial charge in [0, 0.05) is 13.1 Å². The van der Waals surface area contributed by atoms with Crippen molar-refractivity contribution in [1.82, 2.24) is 0 Å². The maximum atomic E-state index is 4.64. The number of benzene rings is 1. The number of halogens is 1. The predicted molar refractivity (Wildman–Crippen MR) is 73.2 cm³/mol. The van der Waals surface area contributed by atoms with Gasteiger partial charge in [-0.3, -0.25) is 4.99 Å². The summed E-state index contributed by atoms with van der Waals surface area (Å²) in [4.78, 5) is 9.37. The quantitative estimate of drug-likeness (QED) is 0.731. The normalized spacial score (nSPS) is 16.3. The fourth-order valence-electron chi connectivity index (χ4n) is 2.66. The average Bonchev–Trinajstić information content (AvgIpc) is 2.85. The van der Waals surface area contributed by atoms with Crippen molar-refractivity contribution in [3.63, 3.8) is 0 Å². The highest BCUT2D eigenvalue weighted by molar-refractivity contribution is 6.17. The number of rotatable bonds is 2. The molecule has 0 saturated carbocycles. The Bertz CT molecular complexity index is 496. The van der Waals surface area contributed by atoms with Crippen molar-refractivity contribution < 1.29 is 12.4 Å². The lowest BCUT2D eigenvalue weighted by Gasteiger charge is -2.18. The summed E-state index contributed by atoms with van der Waals surface area (Å²) in [7, 11) is 0. The van der Waals surface area contributed by atoms with E-state index in [1.54, 1.807) is 0 Å². The highest BCUT2D eigenvalue weighted by atomic mass is 35.5. The fraction of sp³-hybridized carbons (Fsp3) is 0.500. The molecule has 1 aromatic rings. The first kappa shape index (κ1) is 13.2. The number of guanidine groups is 1. The smallest absolute Gasteiger partial charge is 0.205 e. The van der Waals surface area contributed by atoms with Crippen LogP contribution in [0.3, 0.4) is 0 Å². The fourth-order valence-corrected chi connectivity index (χ4v) is 2.66. The zero-order chi connectivity index (χ0) is 12.0. The number of aliphatic imine (C=N–C) groups is 1. The summed E-state index contributed by atoms with van der Waals surface area (Å²) < 4.78 is 0. The van der Waals surface area contributed by atoms with E-state index in [1.165, 1.54) is 22.5 Å². The Hall–Kier alpha value is -1.22. The van der Waals surface area contributed by atoms with Crippen LogP contribution in [0.25, 0.3) is 0 Å². The van der Waals surface area contributed by atoms with Crippen LogP contribution in [0.15, 0.2) is 17.1 Å². The van der Waals surface area contributed by atoms with E-state index in [4.69, 9.17) is 0 Å². The first-order valence-electron chi connectivity index (χ1n) is 6.43. The number of hydrogen-bond donors (Lipinski definition) is 0. The van der Waals surface area contributed by atoms with Gasteiger partial charge in [0.25, 0.3) is 0 Å². The second-order valence-corrected chi connectivity index (χ2v) is 4.91. The number of fused-ring (bicyclic) bond motifs is 3. The maximum Gasteiger partial charge on any atom is 0.205 e. The van der Waals surface area contributed by atoms with Gasteiger partial charge in [0.2, 0.25) is 5.96 Å². The molecule has 0 saturated heterocycles. The Kier molecular flexibility index (Phi) is 3.53. The summed E-state index contributed by atoms with van der Waals surface area (Å²) in [6.07, 6.45) is 1.15. The molecule has 4 heteroatoms. The van der Waals surface area contributed by atoms with Crippen LogP contribution in [-0.2, 0) is 0 Å². The molecular formula is C14H19ClN3-. The zero-order valence-corrected chi connectivity index (χ0v) is 12.0. The van der Waals surface area contributed by atoms with Gasteiger partial charge < -0.3 is 22.2 Å². The van der Waals surface area contributed by atoms with Crippen LogP contribution in [0.1, 0.15) is 24.5 Å². The number of anilines is 2. The summed E-state index contributed by atoms with van der Waals surface area (Å²) in [5.74, 6) is 1.16. The van der Waals surface area contributed by atoms with Crippen molar-refractivity contribution in [3.8, 4) is 0 Å². The summed E-state index contributed by atoms with van der Waals surface area (Å²) in [5.41, 5.74) is 5.42. The molecule has 2 aliphatic rings. The van der Waals surface area contributed by atoms with E-state index in [0.29, 0.717) is 0 Å². The largest absolute Gasteiger partial charge is 1.00 e. The molecule has 0 fully saturated rings. The lowest BCUT2D eigenvalue weighted by atomic mass is 10.1. The van der Waals surface area contributed by atoms with Gasteiger partial charge in [-0.25, -0.2) is 0 Å². The van der Waals surface area contributed by atoms with E-state index < -0.39 is 0 Å². The van der Waals surface area contributed by atoms with Crippen molar-refractivity contribution in [2.45, 2.75) is 27.2 Å². The third-order valence-corrected chi connectivity index (χ3v) is 3.68. The van der Waals surface area contributed by atoms with Gasteiger partial charge in [-0.05, 0) is 43.5 Å². The van der Waals surface area contributed by atoms with Gasteiger partial charge in [0.1, 0.15) is 0 Å². The predicted octanol–water partition coefficient (Wildman–Crippen LogP) is -0.287. The Balaban J connectivity index is 0.00000120. The van der Waals surface area contributed by atoms with Crippen molar-refractivity contribution in [2.24, 2.45) is 4.99 Å². The van der Waals surface area contributed by atoms with E-state index in [2.05, 4.69) is 47.7 Å². The van der Waals surface area contributed by atoms with Crippen molar-refractivity contribution in [3.05, 3.63) is 23.3 Å². The molecule has 3 rings (SSSR count). The van der Waals surface area contributed by atoms with Crippen molar-refractivity contribution >= 4 is 17.3 Å². The summed E-state index contributed by atoms with van der Waals surface area (Å²) in [6, 6.07) is 4.61. The van der Waals surface area contributed by atoms with Crippen LogP contribution >= 0.6 is 0 Å². The van der Waals surface area contributed by atoms with Gasteiger partial charge in [-0.2, -0.15) is 0 Å². The molecule has 0 aromatic heterocycles. The highest BCUT2D eigenvalue weighted by Gasteiger charge is 2.34. The summed E-state index contributed by atoms with van der Waals surface area (Å²) >= 11 is 0. The van der Waals surface area contributed by atoms with Crippen LogP contribution in [0.4, 0.5) is 11.4 Å². The molecule has 1 aromatic carbocycles. The van der Waals surface area contributed by atoms with Gasteiger partial charge in [0.05, 0.1) is 17.9 Å². The third-order valence-electron chi connectivity index (χ3n) is 3.68. The van der Waals surface area contributed by atoms with E-state index in [-0.39, 0.29) is 12.4 Å². The summed E-state index contributed by atoms with van der Waals surface area (Å²) in [5, 5.41) is 0. The van der Waals surface area contributed by atoms with E-state index in [0.717, 1.165) is 32.0 Å². The molecule has 0 radical (unpaired) electrons. The first-order valence-corrected chi connectivity index (χ1v) is 6.43. The van der Waals surface area contributed by atoms with Gasteiger partial charge in [-0.15, -0.1) is 0 Å². The third kappa shape index (κ3) is 1.77. The molecule has 18 heavy (non-hydrogen) atoms.